The van der Waals surface area contributed by atoms with E-state index in [1.807, 2.05) is 55.7 Å². The molecule has 142 valence electrons. The molecule has 0 fully saturated rings. The highest BCUT2D eigenvalue weighted by atomic mass is 16.5. The zero-order valence-corrected chi connectivity index (χ0v) is 16.0. The Morgan fingerprint density at radius 1 is 1.22 bits per heavy atom. The number of carbonyl (C=O) groups is 1. The van der Waals surface area contributed by atoms with Gasteiger partial charge in [0.2, 0.25) is 5.91 Å². The van der Waals surface area contributed by atoms with Crippen LogP contribution < -0.4 is 10.9 Å². The van der Waals surface area contributed by atoms with Gasteiger partial charge in [-0.05, 0) is 32.9 Å². The summed E-state index contributed by atoms with van der Waals surface area (Å²) in [5.74, 6) is -0.116. The largest absolute Gasteiger partial charge is 0.383 e. The Morgan fingerprint density at radius 3 is 2.59 bits per heavy atom. The number of benzene rings is 1. The summed E-state index contributed by atoms with van der Waals surface area (Å²) < 4.78 is 8.26. The van der Waals surface area contributed by atoms with Crippen LogP contribution in [-0.2, 0) is 9.53 Å². The van der Waals surface area contributed by atoms with Gasteiger partial charge in [-0.25, -0.2) is 0 Å². The molecule has 2 heterocycles. The number of para-hydroxylation sites is 1. The molecule has 1 aromatic carbocycles. The zero-order valence-electron chi connectivity index (χ0n) is 16.0. The Bertz CT molecular complexity index is 1020. The number of methoxy groups -OCH3 is 1. The van der Waals surface area contributed by atoms with E-state index in [-0.39, 0.29) is 11.5 Å². The van der Waals surface area contributed by atoms with Crippen LogP contribution in [-0.4, -0.2) is 40.5 Å². The SMILES string of the molecule is COCCNC(=O)[C@@H](C)n1c(C)c2cnn(-c3ccccc3)c(=O)c2c1C. The maximum atomic E-state index is 13.1. The number of aromatic nitrogens is 3. The Labute approximate surface area is 157 Å². The Hall–Kier alpha value is -2.93. The first kappa shape index (κ1) is 18.8. The first-order valence-corrected chi connectivity index (χ1v) is 8.88. The molecule has 7 nitrogen and oxygen atoms in total. The highest BCUT2D eigenvalue weighted by molar-refractivity contribution is 5.89. The van der Waals surface area contributed by atoms with Gasteiger partial charge in [0, 0.05) is 30.4 Å². The first-order valence-electron chi connectivity index (χ1n) is 8.88. The van der Waals surface area contributed by atoms with Crippen molar-refractivity contribution >= 4 is 16.7 Å². The van der Waals surface area contributed by atoms with Gasteiger partial charge in [-0.15, -0.1) is 0 Å². The highest BCUT2D eigenvalue weighted by Crippen LogP contribution is 2.26. The van der Waals surface area contributed by atoms with Crippen molar-refractivity contribution in [1.29, 1.82) is 0 Å². The number of aryl methyl sites for hydroxylation is 2. The first-order chi connectivity index (χ1) is 13.0. The van der Waals surface area contributed by atoms with Gasteiger partial charge < -0.3 is 14.6 Å². The summed E-state index contributed by atoms with van der Waals surface area (Å²) in [4.78, 5) is 25.6. The molecular formula is C20H24N4O3. The normalized spacial score (nSPS) is 12.3. The fourth-order valence-electron chi connectivity index (χ4n) is 3.45. The number of hydrogen-bond acceptors (Lipinski definition) is 4. The van der Waals surface area contributed by atoms with Crippen molar-refractivity contribution in [2.24, 2.45) is 0 Å². The molecule has 0 bridgehead atoms. The molecule has 1 amide bonds. The molecule has 0 unspecified atom stereocenters. The molecule has 27 heavy (non-hydrogen) atoms. The van der Waals surface area contributed by atoms with Crippen LogP contribution in [0.1, 0.15) is 24.4 Å². The number of nitrogens with one attached hydrogen (secondary N) is 1. The van der Waals surface area contributed by atoms with Crippen molar-refractivity contribution in [2.45, 2.75) is 26.8 Å². The van der Waals surface area contributed by atoms with Crippen molar-refractivity contribution in [3.63, 3.8) is 0 Å². The molecule has 3 aromatic rings. The minimum Gasteiger partial charge on any atom is -0.383 e. The maximum absolute atomic E-state index is 13.1. The Kier molecular flexibility index (Phi) is 5.41. The Morgan fingerprint density at radius 2 is 1.93 bits per heavy atom. The molecule has 3 rings (SSSR count). The van der Waals surface area contributed by atoms with Crippen LogP contribution in [0, 0.1) is 13.8 Å². The standard InChI is InChI=1S/C20H24N4O3/c1-13-17-12-22-24(16-8-6-5-7-9-16)20(26)18(17)14(2)23(13)15(3)19(25)21-10-11-27-4/h5-9,12,15H,10-11H2,1-4H3,(H,21,25)/t15-/m1/s1. The lowest BCUT2D eigenvalue weighted by molar-refractivity contribution is -0.124. The van der Waals surface area contributed by atoms with Crippen LogP contribution in [0.3, 0.4) is 0 Å². The van der Waals surface area contributed by atoms with Gasteiger partial charge in [-0.3, -0.25) is 9.59 Å². The van der Waals surface area contributed by atoms with Crippen LogP contribution in [0.5, 0.6) is 0 Å². The number of carbonyl (C=O) groups excluding carboxylic acids is 1. The second kappa shape index (κ2) is 7.75. The van der Waals surface area contributed by atoms with Gasteiger partial charge in [-0.2, -0.15) is 9.78 Å². The summed E-state index contributed by atoms with van der Waals surface area (Å²) in [6.45, 7) is 6.49. The number of ether oxygens (including phenoxy) is 1. The minimum atomic E-state index is -0.446. The van der Waals surface area contributed by atoms with Gasteiger partial charge in [-0.1, -0.05) is 18.2 Å². The average Bonchev–Trinajstić information content (AvgIpc) is 2.93. The predicted octanol–water partition coefficient (Wildman–Crippen LogP) is 2.13. The van der Waals surface area contributed by atoms with E-state index in [1.54, 1.807) is 13.3 Å². The summed E-state index contributed by atoms with van der Waals surface area (Å²) >= 11 is 0. The molecule has 0 aliphatic heterocycles. The lowest BCUT2D eigenvalue weighted by Gasteiger charge is -2.18. The second-order valence-electron chi connectivity index (χ2n) is 6.49. The zero-order chi connectivity index (χ0) is 19.6. The van der Waals surface area contributed by atoms with Crippen molar-refractivity contribution in [2.75, 3.05) is 20.3 Å². The fraction of sp³-hybridized carbons (Fsp3) is 0.350. The molecule has 0 aliphatic rings. The quantitative estimate of drug-likeness (QED) is 0.676. The van der Waals surface area contributed by atoms with Crippen LogP contribution in [0.15, 0.2) is 41.3 Å². The molecule has 0 spiro atoms. The fourth-order valence-corrected chi connectivity index (χ4v) is 3.45. The summed E-state index contributed by atoms with van der Waals surface area (Å²) in [7, 11) is 1.59. The Balaban J connectivity index is 2.07. The molecule has 2 aromatic heterocycles. The van der Waals surface area contributed by atoms with E-state index >= 15 is 0 Å². The second-order valence-corrected chi connectivity index (χ2v) is 6.49. The lowest BCUT2D eigenvalue weighted by atomic mass is 10.2. The molecule has 1 atom stereocenters. The van der Waals surface area contributed by atoms with E-state index in [0.717, 1.165) is 16.8 Å². The minimum absolute atomic E-state index is 0.116. The third-order valence-electron chi connectivity index (χ3n) is 4.83. The van der Waals surface area contributed by atoms with Crippen molar-refractivity contribution in [1.82, 2.24) is 19.7 Å². The summed E-state index contributed by atoms with van der Waals surface area (Å²) in [5, 5.41) is 8.53. The number of amides is 1. The molecular weight excluding hydrogens is 344 g/mol. The van der Waals surface area contributed by atoms with E-state index in [2.05, 4.69) is 10.4 Å². The number of hydrogen-bond donors (Lipinski definition) is 1. The van der Waals surface area contributed by atoms with E-state index in [0.29, 0.717) is 24.2 Å². The van der Waals surface area contributed by atoms with Crippen LogP contribution in [0.4, 0.5) is 0 Å². The van der Waals surface area contributed by atoms with E-state index in [1.165, 1.54) is 4.68 Å². The predicted molar refractivity (Wildman–Crippen MR) is 104 cm³/mol. The summed E-state index contributed by atoms with van der Waals surface area (Å²) in [6, 6.07) is 8.85. The summed E-state index contributed by atoms with van der Waals surface area (Å²) in [6.07, 6.45) is 1.69. The van der Waals surface area contributed by atoms with Crippen molar-refractivity contribution in [3.8, 4) is 5.69 Å². The molecule has 7 heteroatoms. The number of rotatable bonds is 6. The number of nitrogens with zero attached hydrogens (tertiary/aromatic N) is 3. The van der Waals surface area contributed by atoms with Gasteiger partial charge in [0.15, 0.2) is 0 Å². The molecule has 1 N–H and O–H groups in total. The third-order valence-corrected chi connectivity index (χ3v) is 4.83. The van der Waals surface area contributed by atoms with Crippen molar-refractivity contribution in [3.05, 3.63) is 58.3 Å². The molecule has 0 saturated heterocycles. The van der Waals surface area contributed by atoms with Gasteiger partial charge >= 0.3 is 0 Å². The lowest BCUT2D eigenvalue weighted by Crippen LogP contribution is -2.34. The monoisotopic (exact) mass is 368 g/mol. The van der Waals surface area contributed by atoms with E-state index in [4.69, 9.17) is 4.74 Å². The smallest absolute Gasteiger partial charge is 0.281 e. The highest BCUT2D eigenvalue weighted by Gasteiger charge is 2.23. The third kappa shape index (κ3) is 3.38. The molecule has 0 aliphatic carbocycles. The van der Waals surface area contributed by atoms with Gasteiger partial charge in [0.05, 0.1) is 23.9 Å². The molecule has 0 saturated carbocycles. The molecule has 0 radical (unpaired) electrons. The van der Waals surface area contributed by atoms with E-state index < -0.39 is 6.04 Å². The van der Waals surface area contributed by atoms with Gasteiger partial charge in [0.25, 0.3) is 5.56 Å². The maximum Gasteiger partial charge on any atom is 0.281 e. The van der Waals surface area contributed by atoms with Crippen LogP contribution in [0.25, 0.3) is 16.5 Å². The van der Waals surface area contributed by atoms with Crippen LogP contribution >= 0.6 is 0 Å². The van der Waals surface area contributed by atoms with Crippen LogP contribution in [0.2, 0.25) is 0 Å². The topological polar surface area (TPSA) is 78.2 Å². The van der Waals surface area contributed by atoms with Crippen molar-refractivity contribution < 1.29 is 9.53 Å². The average molecular weight is 368 g/mol. The van der Waals surface area contributed by atoms with E-state index in [9.17, 15) is 9.59 Å². The summed E-state index contributed by atoms with van der Waals surface area (Å²) in [5.41, 5.74) is 2.13. The number of fused-ring (bicyclic) bond motifs is 1. The van der Waals surface area contributed by atoms with Gasteiger partial charge in [0.1, 0.15) is 6.04 Å².